The van der Waals surface area contributed by atoms with Gasteiger partial charge in [0.15, 0.2) is 6.04 Å². The number of aromatic nitrogens is 2. The third-order valence-electron chi connectivity index (χ3n) is 5.45. The lowest BCUT2D eigenvalue weighted by Gasteiger charge is -2.34. The second-order valence-corrected chi connectivity index (χ2v) is 8.26. The van der Waals surface area contributed by atoms with Crippen molar-refractivity contribution in [2.75, 3.05) is 5.32 Å². The first kappa shape index (κ1) is 19.3. The van der Waals surface area contributed by atoms with Crippen LogP contribution in [0.5, 0.6) is 0 Å². The summed E-state index contributed by atoms with van der Waals surface area (Å²) >= 11 is 3.34. The first-order valence-electron chi connectivity index (χ1n) is 9.30. The third-order valence-corrected chi connectivity index (χ3v) is 5.97. The van der Waals surface area contributed by atoms with Crippen LogP contribution in [0.1, 0.15) is 60.1 Å². The maximum absolute atomic E-state index is 13.7. The van der Waals surface area contributed by atoms with E-state index < -0.39 is 18.3 Å². The van der Waals surface area contributed by atoms with Crippen molar-refractivity contribution in [1.29, 1.82) is 0 Å². The zero-order valence-corrected chi connectivity index (χ0v) is 16.6. The molecule has 2 aromatic rings. The highest BCUT2D eigenvalue weighted by Crippen LogP contribution is 2.44. The minimum atomic E-state index is -4.46. The van der Waals surface area contributed by atoms with Crippen LogP contribution in [0, 0.1) is 0 Å². The van der Waals surface area contributed by atoms with Gasteiger partial charge in [0.05, 0.1) is 12.2 Å². The van der Waals surface area contributed by atoms with Crippen LogP contribution in [0.2, 0.25) is 0 Å². The molecule has 1 aromatic carbocycles. The Labute approximate surface area is 168 Å². The van der Waals surface area contributed by atoms with Crippen LogP contribution in [-0.4, -0.2) is 27.9 Å². The van der Waals surface area contributed by atoms with Gasteiger partial charge in [-0.05, 0) is 30.5 Å². The zero-order valence-electron chi connectivity index (χ0n) is 15.0. The molecule has 1 saturated carbocycles. The number of nitrogens with one attached hydrogen (secondary N) is 2. The highest BCUT2D eigenvalue weighted by Gasteiger charge is 2.47. The van der Waals surface area contributed by atoms with E-state index in [9.17, 15) is 18.0 Å². The van der Waals surface area contributed by atoms with Gasteiger partial charge in [-0.1, -0.05) is 40.9 Å². The molecule has 1 amide bonds. The molecule has 0 saturated heterocycles. The fraction of sp³-hybridized carbons (Fsp3) is 0.474. The van der Waals surface area contributed by atoms with Crippen LogP contribution in [-0.2, 0) is 0 Å². The molecule has 0 bridgehead atoms. The van der Waals surface area contributed by atoms with Crippen LogP contribution < -0.4 is 10.6 Å². The molecule has 4 rings (SSSR count). The normalized spacial score (nSPS) is 22.6. The molecule has 0 unspecified atom stereocenters. The standard InChI is InChI=1S/C19H20BrF3N4O/c20-12-7-5-11(6-8-12)15-9-16(19(21,22)23)27-17(26-15)14(10-24-27)18(28)25-13-3-1-2-4-13/h5-8,10,13,15-16,26H,1-4,9H2,(H,25,28)/t15-,16-/m0/s1. The van der Waals surface area contributed by atoms with Gasteiger partial charge in [-0.3, -0.25) is 4.79 Å². The van der Waals surface area contributed by atoms with Gasteiger partial charge in [-0.2, -0.15) is 18.3 Å². The highest BCUT2D eigenvalue weighted by molar-refractivity contribution is 9.10. The van der Waals surface area contributed by atoms with Crippen LogP contribution in [0.25, 0.3) is 0 Å². The van der Waals surface area contributed by atoms with Gasteiger partial charge in [-0.25, -0.2) is 4.68 Å². The van der Waals surface area contributed by atoms with E-state index in [-0.39, 0.29) is 29.8 Å². The average Bonchev–Trinajstić information content (AvgIpc) is 3.30. The molecule has 150 valence electrons. The molecular weight excluding hydrogens is 437 g/mol. The smallest absolute Gasteiger partial charge is 0.363 e. The number of carbonyl (C=O) groups is 1. The Morgan fingerprint density at radius 2 is 1.89 bits per heavy atom. The summed E-state index contributed by atoms with van der Waals surface area (Å²) in [6.45, 7) is 0. The second kappa shape index (κ2) is 7.42. The number of hydrogen-bond acceptors (Lipinski definition) is 3. The molecule has 2 N–H and O–H groups in total. The molecule has 2 atom stereocenters. The largest absolute Gasteiger partial charge is 0.410 e. The molecule has 0 spiro atoms. The van der Waals surface area contributed by atoms with Crippen molar-refractivity contribution < 1.29 is 18.0 Å². The second-order valence-electron chi connectivity index (χ2n) is 7.35. The fourth-order valence-electron chi connectivity index (χ4n) is 3.98. The van der Waals surface area contributed by atoms with E-state index in [1.165, 1.54) is 6.20 Å². The number of alkyl halides is 3. The lowest BCUT2D eigenvalue weighted by molar-refractivity contribution is -0.173. The number of hydrogen-bond donors (Lipinski definition) is 2. The number of fused-ring (bicyclic) bond motifs is 1. The quantitative estimate of drug-likeness (QED) is 0.684. The Bertz CT molecular complexity index is 859. The van der Waals surface area contributed by atoms with Crippen molar-refractivity contribution in [2.24, 2.45) is 0 Å². The van der Waals surface area contributed by atoms with Gasteiger partial charge in [-0.15, -0.1) is 0 Å². The summed E-state index contributed by atoms with van der Waals surface area (Å²) in [5.74, 6) is -0.255. The van der Waals surface area contributed by atoms with E-state index >= 15 is 0 Å². The minimum Gasteiger partial charge on any atom is -0.363 e. The highest BCUT2D eigenvalue weighted by atomic mass is 79.9. The molecule has 2 heterocycles. The van der Waals surface area contributed by atoms with Crippen LogP contribution in [0.15, 0.2) is 34.9 Å². The molecule has 0 radical (unpaired) electrons. The fourth-order valence-corrected chi connectivity index (χ4v) is 4.24. The summed E-state index contributed by atoms with van der Waals surface area (Å²) in [7, 11) is 0. The predicted octanol–water partition coefficient (Wildman–Crippen LogP) is 4.98. The number of carbonyl (C=O) groups excluding carboxylic acids is 1. The number of amides is 1. The van der Waals surface area contributed by atoms with Gasteiger partial charge in [0.25, 0.3) is 5.91 Å². The lowest BCUT2D eigenvalue weighted by Crippen LogP contribution is -2.37. The van der Waals surface area contributed by atoms with Gasteiger partial charge in [0, 0.05) is 16.9 Å². The molecule has 1 aliphatic carbocycles. The van der Waals surface area contributed by atoms with E-state index in [0.29, 0.717) is 0 Å². The Morgan fingerprint density at radius 1 is 1.21 bits per heavy atom. The molecule has 1 aliphatic heterocycles. The predicted molar refractivity (Wildman–Crippen MR) is 102 cm³/mol. The monoisotopic (exact) mass is 456 g/mol. The molecule has 1 aromatic heterocycles. The van der Waals surface area contributed by atoms with Gasteiger partial charge >= 0.3 is 6.18 Å². The van der Waals surface area contributed by atoms with Crippen LogP contribution in [0.3, 0.4) is 0 Å². The van der Waals surface area contributed by atoms with E-state index in [4.69, 9.17) is 0 Å². The Balaban J connectivity index is 1.66. The Morgan fingerprint density at radius 3 is 2.54 bits per heavy atom. The van der Waals surface area contributed by atoms with Crippen LogP contribution >= 0.6 is 15.9 Å². The first-order valence-corrected chi connectivity index (χ1v) is 10.1. The molecule has 1 fully saturated rings. The van der Waals surface area contributed by atoms with Crippen molar-refractivity contribution >= 4 is 27.7 Å². The maximum atomic E-state index is 13.7. The SMILES string of the molecule is O=C(NC1CCCC1)c1cnn2c1N[C@H](c1ccc(Br)cc1)C[C@H]2C(F)(F)F. The van der Waals surface area contributed by atoms with Crippen molar-refractivity contribution in [1.82, 2.24) is 15.1 Å². The average molecular weight is 457 g/mol. The Kier molecular flexibility index (Phi) is 5.11. The van der Waals surface area contributed by atoms with E-state index in [0.717, 1.165) is 40.4 Å². The Hall–Kier alpha value is -2.03. The van der Waals surface area contributed by atoms with Gasteiger partial charge in [0.1, 0.15) is 11.4 Å². The van der Waals surface area contributed by atoms with Crippen molar-refractivity contribution in [3.63, 3.8) is 0 Å². The van der Waals surface area contributed by atoms with E-state index in [1.54, 1.807) is 24.3 Å². The lowest BCUT2D eigenvalue weighted by atomic mass is 9.96. The summed E-state index contributed by atoms with van der Waals surface area (Å²) < 4.78 is 42.9. The molecule has 5 nitrogen and oxygen atoms in total. The van der Waals surface area contributed by atoms with E-state index in [1.807, 2.05) is 0 Å². The topological polar surface area (TPSA) is 59.0 Å². The number of anilines is 1. The molecule has 2 aliphatic rings. The van der Waals surface area contributed by atoms with Gasteiger partial charge < -0.3 is 10.6 Å². The number of nitrogens with zero attached hydrogens (tertiary/aromatic N) is 2. The number of benzene rings is 1. The third kappa shape index (κ3) is 3.76. The molecule has 9 heteroatoms. The first-order chi connectivity index (χ1) is 13.3. The number of rotatable bonds is 3. The van der Waals surface area contributed by atoms with Gasteiger partial charge in [0.2, 0.25) is 0 Å². The minimum absolute atomic E-state index is 0.0762. The number of halogens is 4. The molecule has 28 heavy (non-hydrogen) atoms. The summed E-state index contributed by atoms with van der Waals surface area (Å²) in [6, 6.07) is 4.86. The summed E-state index contributed by atoms with van der Waals surface area (Å²) in [5, 5.41) is 9.95. The van der Waals surface area contributed by atoms with E-state index in [2.05, 4.69) is 31.7 Å². The molecular formula is C19H20BrF3N4O. The van der Waals surface area contributed by atoms with Crippen molar-refractivity contribution in [3.8, 4) is 0 Å². The van der Waals surface area contributed by atoms with Crippen molar-refractivity contribution in [3.05, 3.63) is 46.1 Å². The summed E-state index contributed by atoms with van der Waals surface area (Å²) in [4.78, 5) is 12.7. The zero-order chi connectivity index (χ0) is 19.9. The summed E-state index contributed by atoms with van der Waals surface area (Å²) in [6.07, 6.45) is 0.480. The van der Waals surface area contributed by atoms with Crippen LogP contribution in [0.4, 0.5) is 19.0 Å². The maximum Gasteiger partial charge on any atom is 0.410 e. The summed E-state index contributed by atoms with van der Waals surface area (Å²) in [5.41, 5.74) is 0.884. The van der Waals surface area contributed by atoms with Crippen molar-refractivity contribution in [2.45, 2.75) is 56.4 Å².